The minimum atomic E-state index is 0.458. The molecule has 0 radical (unpaired) electrons. The molecule has 0 saturated heterocycles. The van der Waals surface area contributed by atoms with Crippen molar-refractivity contribution < 1.29 is 4.79 Å². The number of hydrogen-bond donors (Lipinski definition) is 0. The van der Waals surface area contributed by atoms with Crippen molar-refractivity contribution in [2.24, 2.45) is 5.92 Å². The average Bonchev–Trinajstić information content (AvgIpc) is 2.44. The normalized spacial score (nSPS) is 19.4. The number of carbonyl (C=O) groups excluding carboxylic acids is 1. The summed E-state index contributed by atoms with van der Waals surface area (Å²) in [6, 6.07) is 0. The quantitative estimate of drug-likeness (QED) is 0.443. The van der Waals surface area contributed by atoms with Crippen molar-refractivity contribution in [3.63, 3.8) is 0 Å². The topological polar surface area (TPSA) is 17.1 Å². The van der Waals surface area contributed by atoms with Crippen molar-refractivity contribution >= 4 is 13.6 Å². The predicted molar refractivity (Wildman–Crippen MR) is 31.1 cm³/mol. The van der Waals surface area contributed by atoms with Gasteiger partial charge in [-0.1, -0.05) is 0 Å². The molecule has 0 aromatic rings. The summed E-state index contributed by atoms with van der Waals surface area (Å²) in [5.74, 6) is 0.935. The Morgan fingerprint density at radius 3 is 2.43 bits per heavy atom. The molecule has 1 aliphatic rings. The Bertz CT molecular complexity index is 86.1. The Morgan fingerprint density at radius 1 is 1.71 bits per heavy atom. The third-order valence-corrected chi connectivity index (χ3v) is 1.38. The molecule has 7 heavy (non-hydrogen) atoms. The monoisotopic (exact) mass is 96.1 g/mol. The Labute approximate surface area is 44.5 Å². The van der Waals surface area contributed by atoms with Crippen LogP contribution in [0.5, 0.6) is 0 Å². The highest BCUT2D eigenvalue weighted by Gasteiger charge is 2.27. The van der Waals surface area contributed by atoms with Gasteiger partial charge in [-0.3, -0.25) is 0 Å². The van der Waals surface area contributed by atoms with Crippen molar-refractivity contribution in [3.8, 4) is 0 Å². The average molecular weight is 95.9 g/mol. The van der Waals surface area contributed by atoms with E-state index in [1.165, 1.54) is 0 Å². The van der Waals surface area contributed by atoms with E-state index in [1.807, 2.05) is 7.85 Å². The smallest absolute Gasteiger partial charge is 0.128 e. The molecule has 0 heterocycles. The van der Waals surface area contributed by atoms with E-state index in [4.69, 9.17) is 0 Å². The van der Waals surface area contributed by atoms with Gasteiger partial charge in [0.05, 0.1) is 0 Å². The Hall–Kier alpha value is -0.265. The molecule has 0 N–H and O–H groups in total. The molecule has 0 unspecified atom stereocenters. The van der Waals surface area contributed by atoms with Crippen LogP contribution in [0.2, 0.25) is 6.32 Å². The summed E-state index contributed by atoms with van der Waals surface area (Å²) < 4.78 is 0. The van der Waals surface area contributed by atoms with E-state index in [0.717, 1.165) is 19.2 Å². The highest BCUT2D eigenvalue weighted by atomic mass is 16.1. The van der Waals surface area contributed by atoms with E-state index < -0.39 is 0 Å². The lowest BCUT2D eigenvalue weighted by Gasteiger charge is -1.84. The second-order valence-electron chi connectivity index (χ2n) is 2.09. The lowest BCUT2D eigenvalue weighted by atomic mass is 9.98. The van der Waals surface area contributed by atoms with Crippen molar-refractivity contribution in [1.29, 1.82) is 0 Å². The maximum absolute atomic E-state index is 10.6. The first-order valence-electron chi connectivity index (χ1n) is 2.87. The molecule has 0 aromatic heterocycles. The minimum absolute atomic E-state index is 0.458. The fraction of sp³-hybridized carbons (Fsp3) is 0.800. The summed E-state index contributed by atoms with van der Waals surface area (Å²) >= 11 is 0. The van der Waals surface area contributed by atoms with Crippen LogP contribution in [0.3, 0.4) is 0 Å². The van der Waals surface area contributed by atoms with E-state index in [-0.39, 0.29) is 0 Å². The van der Waals surface area contributed by atoms with Crippen LogP contribution in [0.1, 0.15) is 12.8 Å². The maximum atomic E-state index is 10.6. The summed E-state index contributed by atoms with van der Waals surface area (Å²) in [5, 5.41) is 0. The zero-order chi connectivity index (χ0) is 5.28. The van der Waals surface area contributed by atoms with Crippen LogP contribution in [-0.2, 0) is 4.79 Å². The molecule has 1 nitrogen and oxygen atoms in total. The predicted octanol–water partition coefficient (Wildman–Crippen LogP) is 0.0169. The lowest BCUT2D eigenvalue weighted by Crippen LogP contribution is -1.96. The second-order valence-corrected chi connectivity index (χ2v) is 2.09. The second kappa shape index (κ2) is 1.69. The van der Waals surface area contributed by atoms with E-state index in [9.17, 15) is 4.79 Å². The lowest BCUT2D eigenvalue weighted by molar-refractivity contribution is -0.118. The number of ketones is 1. The van der Waals surface area contributed by atoms with Crippen molar-refractivity contribution in [3.05, 3.63) is 0 Å². The zero-order valence-electron chi connectivity index (χ0n) is 4.61. The first-order chi connectivity index (χ1) is 3.34. The third-order valence-electron chi connectivity index (χ3n) is 1.38. The van der Waals surface area contributed by atoms with Crippen LogP contribution in [0.25, 0.3) is 0 Å². The van der Waals surface area contributed by atoms with Gasteiger partial charge in [-0.25, -0.2) is 0 Å². The molecule has 0 bridgehead atoms. The Balaban J connectivity index is 2.24. The van der Waals surface area contributed by atoms with Crippen LogP contribution >= 0.6 is 0 Å². The van der Waals surface area contributed by atoms with E-state index in [1.54, 1.807) is 0 Å². The molecule has 38 valence electrons. The molecule has 1 aliphatic carbocycles. The molecular weight excluding hydrogens is 86.9 g/mol. The molecule has 0 spiro atoms. The fourth-order valence-electron chi connectivity index (χ4n) is 0.694. The van der Waals surface area contributed by atoms with E-state index in [2.05, 4.69) is 0 Å². The standard InChI is InChI=1S/C5H9BO/c6-3-5(7)4-1-2-4/h4H,1-3,6H2. The van der Waals surface area contributed by atoms with Crippen molar-refractivity contribution in [1.82, 2.24) is 0 Å². The molecule has 0 amide bonds. The molecule has 1 rings (SSSR count). The van der Waals surface area contributed by atoms with Gasteiger partial charge in [-0.2, -0.15) is 0 Å². The Kier molecular flexibility index (Phi) is 1.18. The van der Waals surface area contributed by atoms with Crippen LogP contribution < -0.4 is 0 Å². The zero-order valence-corrected chi connectivity index (χ0v) is 4.61. The van der Waals surface area contributed by atoms with Crippen LogP contribution in [0.15, 0.2) is 0 Å². The van der Waals surface area contributed by atoms with Gasteiger partial charge in [0.25, 0.3) is 0 Å². The van der Waals surface area contributed by atoms with Gasteiger partial charge in [-0.15, -0.1) is 0 Å². The fourth-order valence-corrected chi connectivity index (χ4v) is 0.694. The summed E-state index contributed by atoms with van der Waals surface area (Å²) in [4.78, 5) is 10.6. The van der Waals surface area contributed by atoms with Gasteiger partial charge < -0.3 is 4.79 Å². The molecule has 2 heteroatoms. The maximum Gasteiger partial charge on any atom is 0.128 e. The number of Topliss-reactive ketones (excluding diaryl/α,β-unsaturated/α-hetero) is 1. The van der Waals surface area contributed by atoms with Crippen LogP contribution in [0, 0.1) is 5.92 Å². The summed E-state index contributed by atoms with van der Waals surface area (Å²) in [7, 11) is 1.93. The molecule has 0 aromatic carbocycles. The molecular formula is C5H9BO. The largest absolute Gasteiger partial charge is 0.300 e. The summed E-state index contributed by atoms with van der Waals surface area (Å²) in [5.41, 5.74) is 0. The van der Waals surface area contributed by atoms with Gasteiger partial charge in [-0.05, 0) is 19.2 Å². The minimum Gasteiger partial charge on any atom is -0.300 e. The van der Waals surface area contributed by atoms with E-state index in [0.29, 0.717) is 11.7 Å². The molecule has 1 fully saturated rings. The summed E-state index contributed by atoms with van der Waals surface area (Å²) in [6.45, 7) is 0. The number of rotatable bonds is 2. The van der Waals surface area contributed by atoms with Crippen molar-refractivity contribution in [2.45, 2.75) is 19.2 Å². The van der Waals surface area contributed by atoms with Crippen LogP contribution in [0.4, 0.5) is 0 Å². The molecule has 1 saturated carbocycles. The van der Waals surface area contributed by atoms with Gasteiger partial charge in [0.1, 0.15) is 13.6 Å². The van der Waals surface area contributed by atoms with Crippen molar-refractivity contribution in [2.75, 3.05) is 0 Å². The number of carbonyl (C=O) groups is 1. The molecule has 0 atom stereocenters. The van der Waals surface area contributed by atoms with Crippen LogP contribution in [-0.4, -0.2) is 13.6 Å². The summed E-state index contributed by atoms with van der Waals surface area (Å²) in [6.07, 6.45) is 3.06. The van der Waals surface area contributed by atoms with E-state index >= 15 is 0 Å². The first kappa shape index (κ1) is 4.88. The SMILES string of the molecule is BCC(=O)C1CC1. The highest BCUT2D eigenvalue weighted by molar-refractivity contribution is 6.20. The van der Waals surface area contributed by atoms with Gasteiger partial charge in [0.2, 0.25) is 0 Å². The number of hydrogen-bond acceptors (Lipinski definition) is 1. The van der Waals surface area contributed by atoms with Gasteiger partial charge in [0.15, 0.2) is 0 Å². The first-order valence-corrected chi connectivity index (χ1v) is 2.87. The molecule has 0 aliphatic heterocycles. The third kappa shape index (κ3) is 1.05. The highest BCUT2D eigenvalue weighted by Crippen LogP contribution is 2.30. The Morgan fingerprint density at radius 2 is 2.29 bits per heavy atom. The van der Waals surface area contributed by atoms with Gasteiger partial charge in [0, 0.05) is 5.92 Å². The van der Waals surface area contributed by atoms with Gasteiger partial charge >= 0.3 is 0 Å².